The van der Waals surface area contributed by atoms with E-state index in [0.29, 0.717) is 25.3 Å². The number of rotatable bonds is 7. The van der Waals surface area contributed by atoms with E-state index in [1.807, 2.05) is 50.2 Å². The van der Waals surface area contributed by atoms with Gasteiger partial charge in [-0.2, -0.15) is 5.10 Å². The fourth-order valence-corrected chi connectivity index (χ4v) is 4.11. The van der Waals surface area contributed by atoms with Crippen LogP contribution in [0.15, 0.2) is 62.7 Å². The number of carbonyl (C=O) groups excluding carboxylic acids is 1. The van der Waals surface area contributed by atoms with Crippen molar-refractivity contribution in [1.82, 2.24) is 9.99 Å². The van der Waals surface area contributed by atoms with Crippen LogP contribution in [0.1, 0.15) is 28.6 Å². The van der Waals surface area contributed by atoms with Crippen molar-refractivity contribution in [2.24, 2.45) is 5.10 Å². The van der Waals surface area contributed by atoms with Crippen molar-refractivity contribution in [3.8, 4) is 0 Å². The minimum atomic E-state index is -0.392. The lowest BCUT2D eigenvalue weighted by molar-refractivity contribution is 0.0929. The minimum Gasteiger partial charge on any atom is -0.451 e. The zero-order valence-electron chi connectivity index (χ0n) is 16.8. The van der Waals surface area contributed by atoms with Crippen LogP contribution < -0.4 is 5.43 Å². The summed E-state index contributed by atoms with van der Waals surface area (Å²) in [6.45, 7) is 5.99. The third kappa shape index (κ3) is 4.04. The Labute approximate surface area is 182 Å². The third-order valence-corrected chi connectivity index (χ3v) is 5.72. The molecule has 0 radical (unpaired) electrons. The van der Waals surface area contributed by atoms with E-state index in [9.17, 15) is 4.79 Å². The Kier molecular flexibility index (Phi) is 6.01. The van der Waals surface area contributed by atoms with Crippen molar-refractivity contribution in [3.05, 3.63) is 70.0 Å². The normalized spacial score (nSPS) is 11.7. The van der Waals surface area contributed by atoms with E-state index in [0.717, 1.165) is 32.0 Å². The highest BCUT2D eigenvalue weighted by molar-refractivity contribution is 9.10. The maximum atomic E-state index is 12.5. The van der Waals surface area contributed by atoms with Crippen LogP contribution in [-0.4, -0.2) is 29.9 Å². The molecular weight excluding hydrogens is 446 g/mol. The number of nitrogens with one attached hydrogen (secondary N) is 1. The van der Waals surface area contributed by atoms with Crippen molar-refractivity contribution in [2.45, 2.75) is 20.4 Å². The van der Waals surface area contributed by atoms with E-state index < -0.39 is 5.91 Å². The molecule has 4 rings (SSSR count). The van der Waals surface area contributed by atoms with Crippen LogP contribution in [-0.2, 0) is 11.3 Å². The van der Waals surface area contributed by atoms with Gasteiger partial charge in [-0.15, -0.1) is 0 Å². The number of fused-ring (bicyclic) bond motifs is 2. The minimum absolute atomic E-state index is 0.228. The molecule has 154 valence electrons. The molecule has 0 aliphatic rings. The molecule has 0 saturated carbocycles. The first-order chi connectivity index (χ1) is 14.6. The fourth-order valence-electron chi connectivity index (χ4n) is 3.43. The first-order valence-electron chi connectivity index (χ1n) is 9.76. The van der Waals surface area contributed by atoms with E-state index in [-0.39, 0.29) is 5.76 Å². The zero-order chi connectivity index (χ0) is 21.1. The number of amides is 1. The standard InChI is InChI=1S/C23H22BrN3O3/c1-3-29-11-10-27-19-7-5-4-6-17(19)18(22(27)24)14-25-26-23(28)21-13-16-12-15(2)8-9-20(16)30-21/h4-9,12-14H,3,10-11H2,1-2H3,(H,26,28)/b25-14+. The Morgan fingerprint density at radius 3 is 2.93 bits per heavy atom. The molecule has 0 spiro atoms. The number of aromatic nitrogens is 1. The van der Waals surface area contributed by atoms with Crippen LogP contribution in [0.3, 0.4) is 0 Å². The quantitative estimate of drug-likeness (QED) is 0.229. The van der Waals surface area contributed by atoms with Crippen LogP contribution in [0.5, 0.6) is 0 Å². The number of benzene rings is 2. The molecule has 2 aromatic heterocycles. The number of ether oxygens (including phenoxy) is 1. The lowest BCUT2D eigenvalue weighted by Crippen LogP contribution is -2.16. The Bertz CT molecular complexity index is 1240. The largest absolute Gasteiger partial charge is 0.451 e. The van der Waals surface area contributed by atoms with Crippen LogP contribution in [0.4, 0.5) is 0 Å². The number of para-hydroxylation sites is 1. The second-order valence-electron chi connectivity index (χ2n) is 6.92. The smallest absolute Gasteiger partial charge is 0.307 e. The van der Waals surface area contributed by atoms with Crippen LogP contribution in [0.2, 0.25) is 0 Å². The molecule has 2 heterocycles. The van der Waals surface area contributed by atoms with E-state index >= 15 is 0 Å². The summed E-state index contributed by atoms with van der Waals surface area (Å²) in [6, 6.07) is 15.6. The number of carbonyl (C=O) groups is 1. The second-order valence-corrected chi connectivity index (χ2v) is 7.67. The second kappa shape index (κ2) is 8.85. The molecule has 0 bridgehead atoms. The van der Waals surface area contributed by atoms with Gasteiger partial charge in [0.25, 0.3) is 0 Å². The Morgan fingerprint density at radius 2 is 2.10 bits per heavy atom. The lowest BCUT2D eigenvalue weighted by Gasteiger charge is -2.07. The van der Waals surface area contributed by atoms with Crippen molar-refractivity contribution in [2.75, 3.05) is 13.2 Å². The van der Waals surface area contributed by atoms with Crippen molar-refractivity contribution in [1.29, 1.82) is 0 Å². The van der Waals surface area contributed by atoms with Crippen molar-refractivity contribution in [3.63, 3.8) is 0 Å². The Morgan fingerprint density at radius 1 is 1.27 bits per heavy atom. The SMILES string of the molecule is CCOCCn1c(Br)c(/C=N/NC(=O)c2cc3cc(C)ccc3o2)c2ccccc21. The summed E-state index contributed by atoms with van der Waals surface area (Å²) in [7, 11) is 0. The van der Waals surface area contributed by atoms with Gasteiger partial charge < -0.3 is 13.7 Å². The van der Waals surface area contributed by atoms with Crippen LogP contribution in [0, 0.1) is 6.92 Å². The summed E-state index contributed by atoms with van der Waals surface area (Å²) in [5, 5.41) is 6.10. The summed E-state index contributed by atoms with van der Waals surface area (Å²) < 4.78 is 14.2. The summed E-state index contributed by atoms with van der Waals surface area (Å²) in [5.74, 6) is -0.165. The van der Waals surface area contributed by atoms with Gasteiger partial charge in [-0.3, -0.25) is 4.79 Å². The number of hydrazone groups is 1. The van der Waals surface area contributed by atoms with E-state index in [1.165, 1.54) is 0 Å². The van der Waals surface area contributed by atoms with Crippen molar-refractivity contribution >= 4 is 49.9 Å². The molecular formula is C23H22BrN3O3. The molecule has 0 fully saturated rings. The first-order valence-corrected chi connectivity index (χ1v) is 10.6. The van der Waals surface area contributed by atoms with E-state index in [4.69, 9.17) is 9.15 Å². The van der Waals surface area contributed by atoms with Gasteiger partial charge in [-0.05, 0) is 54.0 Å². The van der Waals surface area contributed by atoms with Gasteiger partial charge >= 0.3 is 5.91 Å². The molecule has 1 N–H and O–H groups in total. The molecule has 4 aromatic rings. The van der Waals surface area contributed by atoms with Crippen LogP contribution in [0.25, 0.3) is 21.9 Å². The maximum Gasteiger partial charge on any atom is 0.307 e. The molecule has 1 amide bonds. The average Bonchev–Trinajstić information content (AvgIpc) is 3.28. The number of aryl methyl sites for hydroxylation is 1. The molecule has 0 aliphatic carbocycles. The molecule has 2 aromatic carbocycles. The zero-order valence-corrected chi connectivity index (χ0v) is 18.4. The predicted octanol–water partition coefficient (Wildman–Crippen LogP) is 5.26. The Balaban J connectivity index is 1.55. The topological polar surface area (TPSA) is 68.8 Å². The predicted molar refractivity (Wildman–Crippen MR) is 122 cm³/mol. The summed E-state index contributed by atoms with van der Waals surface area (Å²) in [6.07, 6.45) is 1.65. The van der Waals surface area contributed by atoms with Gasteiger partial charge in [0, 0.05) is 35.0 Å². The molecule has 6 nitrogen and oxygen atoms in total. The van der Waals surface area contributed by atoms with Crippen molar-refractivity contribution < 1.29 is 13.9 Å². The van der Waals surface area contributed by atoms with E-state index in [1.54, 1.807) is 12.3 Å². The number of nitrogens with zero attached hydrogens (tertiary/aromatic N) is 2. The van der Waals surface area contributed by atoms with Crippen LogP contribution >= 0.6 is 15.9 Å². The van der Waals surface area contributed by atoms with Gasteiger partial charge in [0.2, 0.25) is 0 Å². The number of hydrogen-bond donors (Lipinski definition) is 1. The van der Waals surface area contributed by atoms with Gasteiger partial charge in [0.15, 0.2) is 5.76 Å². The molecule has 30 heavy (non-hydrogen) atoms. The third-order valence-electron chi connectivity index (χ3n) is 4.86. The van der Waals surface area contributed by atoms with E-state index in [2.05, 4.69) is 37.1 Å². The van der Waals surface area contributed by atoms with Gasteiger partial charge in [0.05, 0.1) is 17.4 Å². The van der Waals surface area contributed by atoms with Gasteiger partial charge in [-0.25, -0.2) is 5.43 Å². The number of furan rings is 1. The Hall–Kier alpha value is -2.90. The highest BCUT2D eigenvalue weighted by Gasteiger charge is 2.15. The maximum absolute atomic E-state index is 12.5. The molecule has 0 unspecified atom stereocenters. The lowest BCUT2D eigenvalue weighted by atomic mass is 10.2. The molecule has 7 heteroatoms. The van der Waals surface area contributed by atoms with Gasteiger partial charge in [0.1, 0.15) is 5.58 Å². The molecule has 0 saturated heterocycles. The number of hydrogen-bond acceptors (Lipinski definition) is 4. The highest BCUT2D eigenvalue weighted by Crippen LogP contribution is 2.29. The summed E-state index contributed by atoms with van der Waals surface area (Å²) in [4.78, 5) is 12.5. The average molecular weight is 468 g/mol. The summed E-state index contributed by atoms with van der Waals surface area (Å²) in [5.41, 5.74) is 6.31. The first kappa shape index (κ1) is 20.4. The highest BCUT2D eigenvalue weighted by atomic mass is 79.9. The molecule has 0 atom stereocenters. The number of halogens is 1. The van der Waals surface area contributed by atoms with Gasteiger partial charge in [-0.1, -0.05) is 29.8 Å². The fraction of sp³-hybridized carbons (Fsp3) is 0.217. The monoisotopic (exact) mass is 467 g/mol. The molecule has 0 aliphatic heterocycles. The summed E-state index contributed by atoms with van der Waals surface area (Å²) >= 11 is 3.67.